The van der Waals surface area contributed by atoms with Crippen LogP contribution < -0.4 is 5.46 Å². The smallest absolute Gasteiger partial charge is 0.399 e. The van der Waals surface area contributed by atoms with Crippen LogP contribution in [0.3, 0.4) is 0 Å². The second-order valence-electron chi connectivity index (χ2n) is 8.06. The molecule has 2 heterocycles. The zero-order valence-electron chi connectivity index (χ0n) is 15.6. The lowest BCUT2D eigenvalue weighted by molar-refractivity contribution is -0.131. The van der Waals surface area contributed by atoms with Crippen LogP contribution in [0.15, 0.2) is 18.2 Å². The SMILES string of the molecule is CC1(C)OB(c2ccc(CC(=O)N3CCCCC3)c(F)c2)OC1(C)C. The van der Waals surface area contributed by atoms with Crippen molar-refractivity contribution in [3.05, 3.63) is 29.6 Å². The fourth-order valence-electron chi connectivity index (χ4n) is 3.25. The van der Waals surface area contributed by atoms with E-state index >= 15 is 0 Å². The average molecular weight is 347 g/mol. The van der Waals surface area contributed by atoms with Crippen molar-refractivity contribution >= 4 is 18.5 Å². The molecule has 0 N–H and O–H groups in total. The number of amides is 1. The largest absolute Gasteiger partial charge is 0.494 e. The predicted molar refractivity (Wildman–Crippen MR) is 96.3 cm³/mol. The molecule has 1 aromatic carbocycles. The highest BCUT2D eigenvalue weighted by molar-refractivity contribution is 6.62. The van der Waals surface area contributed by atoms with E-state index in [4.69, 9.17) is 9.31 Å². The van der Waals surface area contributed by atoms with Crippen molar-refractivity contribution in [2.45, 2.75) is 64.6 Å². The van der Waals surface area contributed by atoms with Gasteiger partial charge in [0, 0.05) is 13.1 Å². The lowest BCUT2D eigenvalue weighted by Crippen LogP contribution is -2.41. The van der Waals surface area contributed by atoms with Gasteiger partial charge in [-0.15, -0.1) is 0 Å². The van der Waals surface area contributed by atoms with E-state index in [0.717, 1.165) is 25.9 Å². The van der Waals surface area contributed by atoms with Crippen LogP contribution in [-0.2, 0) is 20.5 Å². The summed E-state index contributed by atoms with van der Waals surface area (Å²) in [6.07, 6.45) is 3.35. The molecule has 3 rings (SSSR count). The summed E-state index contributed by atoms with van der Waals surface area (Å²) in [5, 5.41) is 0. The van der Waals surface area contributed by atoms with Gasteiger partial charge in [0.2, 0.25) is 5.91 Å². The maximum absolute atomic E-state index is 14.5. The number of carbonyl (C=O) groups excluding carboxylic acids is 1. The summed E-state index contributed by atoms with van der Waals surface area (Å²) in [6, 6.07) is 4.91. The molecule has 1 aromatic rings. The molecule has 0 saturated carbocycles. The molecule has 2 aliphatic heterocycles. The number of rotatable bonds is 3. The Hall–Kier alpha value is -1.40. The predicted octanol–water partition coefficient (Wildman–Crippen LogP) is 2.68. The molecular weight excluding hydrogens is 320 g/mol. The third-order valence-electron chi connectivity index (χ3n) is 5.65. The molecule has 0 spiro atoms. The van der Waals surface area contributed by atoms with Crippen molar-refractivity contribution in [2.75, 3.05) is 13.1 Å². The zero-order chi connectivity index (χ0) is 18.2. The van der Waals surface area contributed by atoms with Crippen LogP contribution in [0.5, 0.6) is 0 Å². The first-order valence-electron chi connectivity index (χ1n) is 9.11. The minimum absolute atomic E-state index is 0.00184. The summed E-state index contributed by atoms with van der Waals surface area (Å²) in [5.41, 5.74) is 0.148. The van der Waals surface area contributed by atoms with Gasteiger partial charge in [0.15, 0.2) is 0 Å². The van der Waals surface area contributed by atoms with Crippen molar-refractivity contribution in [3.63, 3.8) is 0 Å². The quantitative estimate of drug-likeness (QED) is 0.790. The number of piperidine rings is 1. The fourth-order valence-corrected chi connectivity index (χ4v) is 3.25. The van der Waals surface area contributed by atoms with Gasteiger partial charge in [0.25, 0.3) is 0 Å². The molecule has 0 bridgehead atoms. The number of nitrogens with zero attached hydrogens (tertiary/aromatic N) is 1. The van der Waals surface area contributed by atoms with Crippen LogP contribution in [0.25, 0.3) is 0 Å². The molecule has 0 radical (unpaired) electrons. The van der Waals surface area contributed by atoms with E-state index in [-0.39, 0.29) is 18.1 Å². The lowest BCUT2D eigenvalue weighted by Gasteiger charge is -2.32. The van der Waals surface area contributed by atoms with Gasteiger partial charge >= 0.3 is 7.12 Å². The number of carbonyl (C=O) groups is 1. The maximum atomic E-state index is 14.5. The van der Waals surface area contributed by atoms with E-state index in [1.807, 2.05) is 32.6 Å². The Balaban J connectivity index is 1.70. The molecule has 6 heteroatoms. The summed E-state index contributed by atoms with van der Waals surface area (Å²) in [5.74, 6) is -0.375. The molecule has 0 aromatic heterocycles. The monoisotopic (exact) mass is 347 g/mol. The van der Waals surface area contributed by atoms with Gasteiger partial charge in [-0.25, -0.2) is 4.39 Å². The Labute approximate surface area is 149 Å². The first-order chi connectivity index (χ1) is 11.7. The van der Waals surface area contributed by atoms with Crippen molar-refractivity contribution in [1.82, 2.24) is 4.90 Å². The van der Waals surface area contributed by atoms with Crippen LogP contribution in [-0.4, -0.2) is 42.2 Å². The molecule has 0 atom stereocenters. The molecular formula is C19H27BFNO3. The second-order valence-corrected chi connectivity index (χ2v) is 8.06. The van der Waals surface area contributed by atoms with Crippen molar-refractivity contribution in [2.24, 2.45) is 0 Å². The van der Waals surface area contributed by atoms with Crippen molar-refractivity contribution < 1.29 is 18.5 Å². The molecule has 2 aliphatic rings. The highest BCUT2D eigenvalue weighted by atomic mass is 19.1. The molecule has 0 aliphatic carbocycles. The normalized spacial score (nSPS) is 22.3. The average Bonchev–Trinajstić information content (AvgIpc) is 2.78. The number of benzene rings is 1. The first kappa shape index (κ1) is 18.4. The van der Waals surface area contributed by atoms with E-state index in [9.17, 15) is 9.18 Å². The number of likely N-dealkylation sites (tertiary alicyclic amines) is 1. The van der Waals surface area contributed by atoms with Crippen LogP contribution in [0.2, 0.25) is 0 Å². The molecule has 1 amide bonds. The summed E-state index contributed by atoms with van der Waals surface area (Å²) in [6.45, 7) is 9.44. The van der Waals surface area contributed by atoms with Crippen LogP contribution in [0.1, 0.15) is 52.5 Å². The Morgan fingerprint density at radius 1 is 1.12 bits per heavy atom. The van der Waals surface area contributed by atoms with Gasteiger partial charge in [0.1, 0.15) is 5.82 Å². The molecule has 25 heavy (non-hydrogen) atoms. The van der Waals surface area contributed by atoms with Gasteiger partial charge in [-0.3, -0.25) is 4.79 Å². The van der Waals surface area contributed by atoms with Crippen LogP contribution in [0.4, 0.5) is 4.39 Å². The number of hydrogen-bond acceptors (Lipinski definition) is 3. The number of halogens is 1. The van der Waals surface area contributed by atoms with Crippen molar-refractivity contribution in [1.29, 1.82) is 0 Å². The molecule has 2 saturated heterocycles. The van der Waals surface area contributed by atoms with Gasteiger partial charge < -0.3 is 14.2 Å². The standard InChI is InChI=1S/C19H27BFNO3/c1-18(2)19(3,4)25-20(24-18)15-9-8-14(16(21)13-15)12-17(23)22-10-6-5-7-11-22/h8-9,13H,5-7,10-12H2,1-4H3. The third-order valence-corrected chi connectivity index (χ3v) is 5.65. The molecule has 2 fully saturated rings. The molecule has 4 nitrogen and oxygen atoms in total. The molecule has 0 unspecified atom stereocenters. The summed E-state index contributed by atoms with van der Waals surface area (Å²) >= 11 is 0. The lowest BCUT2D eigenvalue weighted by atomic mass is 9.78. The van der Waals surface area contributed by atoms with Gasteiger partial charge in [0.05, 0.1) is 17.6 Å². The second kappa shape index (κ2) is 6.73. The van der Waals surface area contributed by atoms with Gasteiger partial charge in [-0.1, -0.05) is 12.1 Å². The first-order valence-corrected chi connectivity index (χ1v) is 9.11. The summed E-state index contributed by atoms with van der Waals surface area (Å²) < 4.78 is 26.4. The van der Waals surface area contributed by atoms with Crippen LogP contribution >= 0.6 is 0 Å². The minimum atomic E-state index is -0.591. The third kappa shape index (κ3) is 3.75. The topological polar surface area (TPSA) is 38.8 Å². The Kier molecular flexibility index (Phi) is 4.95. The fraction of sp³-hybridized carbons (Fsp3) is 0.632. The zero-order valence-corrected chi connectivity index (χ0v) is 15.6. The Morgan fingerprint density at radius 3 is 2.28 bits per heavy atom. The maximum Gasteiger partial charge on any atom is 0.494 e. The summed E-state index contributed by atoms with van der Waals surface area (Å²) in [7, 11) is -0.591. The number of hydrogen-bond donors (Lipinski definition) is 0. The van der Waals surface area contributed by atoms with Crippen LogP contribution in [0, 0.1) is 5.82 Å². The van der Waals surface area contributed by atoms with Gasteiger partial charge in [-0.05, 0) is 64.1 Å². The van der Waals surface area contributed by atoms with Crippen molar-refractivity contribution in [3.8, 4) is 0 Å². The highest BCUT2D eigenvalue weighted by Crippen LogP contribution is 2.36. The van der Waals surface area contributed by atoms with E-state index < -0.39 is 18.3 Å². The van der Waals surface area contributed by atoms with Gasteiger partial charge in [-0.2, -0.15) is 0 Å². The van der Waals surface area contributed by atoms with E-state index in [1.165, 1.54) is 12.5 Å². The van der Waals surface area contributed by atoms with E-state index in [1.54, 1.807) is 12.1 Å². The Morgan fingerprint density at radius 2 is 1.72 bits per heavy atom. The summed E-state index contributed by atoms with van der Waals surface area (Å²) in [4.78, 5) is 14.2. The highest BCUT2D eigenvalue weighted by Gasteiger charge is 2.51. The molecule has 136 valence electrons. The minimum Gasteiger partial charge on any atom is -0.399 e. The van der Waals surface area contributed by atoms with E-state index in [0.29, 0.717) is 11.0 Å². The van der Waals surface area contributed by atoms with E-state index in [2.05, 4.69) is 0 Å². The Bertz CT molecular complexity index is 640.